The van der Waals surface area contributed by atoms with Crippen molar-refractivity contribution in [3.05, 3.63) is 94.1 Å². The molecule has 1 fully saturated rings. The van der Waals surface area contributed by atoms with Crippen LogP contribution >= 0.6 is 0 Å². The molecule has 5 amide bonds. The van der Waals surface area contributed by atoms with Gasteiger partial charge >= 0.3 is 0 Å². The highest BCUT2D eigenvalue weighted by Gasteiger charge is 2.31. The molecular formula is C52H65N17O7. The molecule has 6 N–H and O–H groups in total. The fourth-order valence-corrected chi connectivity index (χ4v) is 10.1. The van der Waals surface area contributed by atoms with Gasteiger partial charge in [-0.2, -0.15) is 10.2 Å². The topological polar surface area (TPSA) is 288 Å². The first-order chi connectivity index (χ1) is 36.5. The Labute approximate surface area is 438 Å². The maximum atomic E-state index is 14.0. The van der Waals surface area contributed by atoms with E-state index in [1.54, 1.807) is 49.7 Å². The normalized spacial score (nSPS) is 14.3. The van der Waals surface area contributed by atoms with E-state index >= 15 is 0 Å². The van der Waals surface area contributed by atoms with Gasteiger partial charge in [0.2, 0.25) is 29.6 Å². The van der Waals surface area contributed by atoms with Gasteiger partial charge in [-0.15, -0.1) is 10.2 Å². The number of methoxy groups -OCH3 is 1. The smallest absolute Gasteiger partial charge is 0.276 e. The van der Waals surface area contributed by atoms with Gasteiger partial charge in [-0.05, 0) is 96.4 Å². The number of imidazole rings is 2. The minimum absolute atomic E-state index is 0.0650. The summed E-state index contributed by atoms with van der Waals surface area (Å²) in [6, 6.07) is 9.62. The minimum atomic E-state index is -0.673. The molecule has 2 aromatic carbocycles. The lowest BCUT2D eigenvalue weighted by Crippen LogP contribution is -2.41. The number of allylic oxidation sites excluding steroid dienone is 2. The first-order valence-corrected chi connectivity index (χ1v) is 25.7. The number of amides is 5. The van der Waals surface area contributed by atoms with Crippen LogP contribution in [0.5, 0.6) is 11.5 Å². The number of aromatic nitrogens is 11. The summed E-state index contributed by atoms with van der Waals surface area (Å²) in [5.41, 5.74) is 15.7. The molecule has 5 aromatic heterocycles. The van der Waals surface area contributed by atoms with Crippen LogP contribution in [0.15, 0.2) is 48.6 Å². The molecule has 2 aliphatic heterocycles. The number of likely N-dealkylation sites (tertiary alicyclic amines) is 1. The van der Waals surface area contributed by atoms with Gasteiger partial charge in [-0.3, -0.25) is 44.0 Å². The molecule has 0 bridgehead atoms. The zero-order valence-corrected chi connectivity index (χ0v) is 44.0. The minimum Gasteiger partial charge on any atom is -0.494 e. The van der Waals surface area contributed by atoms with Crippen molar-refractivity contribution in [1.82, 2.24) is 63.2 Å². The average Bonchev–Trinajstić information content (AvgIpc) is 4.26. The molecule has 0 spiro atoms. The van der Waals surface area contributed by atoms with Gasteiger partial charge in [0.25, 0.3) is 11.8 Å². The number of anilines is 2. The van der Waals surface area contributed by atoms with Crippen LogP contribution in [-0.4, -0.2) is 133 Å². The van der Waals surface area contributed by atoms with E-state index in [0.717, 1.165) is 44.1 Å². The Morgan fingerprint density at radius 2 is 1.28 bits per heavy atom. The second kappa shape index (κ2) is 22.2. The van der Waals surface area contributed by atoms with Crippen LogP contribution in [0.1, 0.15) is 118 Å². The van der Waals surface area contributed by atoms with Gasteiger partial charge < -0.3 is 44.4 Å². The summed E-state index contributed by atoms with van der Waals surface area (Å²) in [7, 11) is 1.47. The second-order valence-corrected chi connectivity index (χ2v) is 19.4. The fraction of sp³-hybridized carbons (Fsp3) is 0.442. The number of nitrogens with zero attached hydrogens (tertiary/aromatic N) is 13. The summed E-state index contributed by atoms with van der Waals surface area (Å²) >= 11 is 0. The summed E-state index contributed by atoms with van der Waals surface area (Å²) in [4.78, 5) is 79.4. The maximum Gasteiger partial charge on any atom is 0.276 e. The van der Waals surface area contributed by atoms with E-state index < -0.39 is 23.6 Å². The first-order valence-electron chi connectivity index (χ1n) is 25.7. The Bertz CT molecular complexity index is 3390. The van der Waals surface area contributed by atoms with Crippen molar-refractivity contribution >= 4 is 63.5 Å². The third-order valence-electron chi connectivity index (χ3n) is 13.9. The number of hydrogen-bond acceptors (Lipinski definition) is 14. The van der Waals surface area contributed by atoms with Crippen molar-refractivity contribution in [1.29, 1.82) is 0 Å². The largest absolute Gasteiger partial charge is 0.494 e. The van der Waals surface area contributed by atoms with Crippen molar-refractivity contribution in [2.45, 2.75) is 106 Å². The lowest BCUT2D eigenvalue weighted by atomic mass is 9.95. The van der Waals surface area contributed by atoms with E-state index in [1.807, 2.05) is 51.7 Å². The van der Waals surface area contributed by atoms with Crippen molar-refractivity contribution in [2.24, 2.45) is 17.4 Å². The monoisotopic (exact) mass is 1040 g/mol. The van der Waals surface area contributed by atoms with Gasteiger partial charge in [0.1, 0.15) is 39.7 Å². The molecule has 0 saturated carbocycles. The van der Waals surface area contributed by atoms with Gasteiger partial charge in [-0.25, -0.2) is 9.97 Å². The van der Waals surface area contributed by atoms with E-state index in [0.29, 0.717) is 102 Å². The number of aryl methyl sites for hydroxylation is 4. The first kappa shape index (κ1) is 52.5. The lowest BCUT2D eigenvalue weighted by Gasteiger charge is -2.33. The summed E-state index contributed by atoms with van der Waals surface area (Å²) in [5, 5.41) is 23.9. The number of rotatable bonds is 20. The van der Waals surface area contributed by atoms with Crippen LogP contribution in [0.4, 0.5) is 11.9 Å². The molecule has 2 aliphatic rings. The second-order valence-electron chi connectivity index (χ2n) is 19.4. The molecule has 0 unspecified atom stereocenters. The maximum absolute atomic E-state index is 14.0. The van der Waals surface area contributed by atoms with Gasteiger partial charge in [-0.1, -0.05) is 26.0 Å². The molecule has 400 valence electrons. The van der Waals surface area contributed by atoms with E-state index in [4.69, 9.17) is 30.9 Å². The third kappa shape index (κ3) is 10.7. The Morgan fingerprint density at radius 3 is 1.79 bits per heavy atom. The molecule has 1 saturated heterocycles. The number of nitrogens with one attached hydrogen (secondary N) is 2. The number of ether oxygens (including phenoxy) is 2. The van der Waals surface area contributed by atoms with Crippen LogP contribution in [-0.2, 0) is 44.1 Å². The Kier molecular flexibility index (Phi) is 15.3. The van der Waals surface area contributed by atoms with E-state index in [-0.39, 0.29) is 53.9 Å². The predicted octanol–water partition coefficient (Wildman–Crippen LogP) is 4.64. The van der Waals surface area contributed by atoms with E-state index in [2.05, 4.69) is 40.5 Å². The van der Waals surface area contributed by atoms with Crippen molar-refractivity contribution in [3.8, 4) is 11.5 Å². The van der Waals surface area contributed by atoms with Crippen LogP contribution in [0, 0.1) is 19.8 Å². The Hall–Kier alpha value is -8.41. The zero-order chi connectivity index (χ0) is 53.9. The standard InChI is InChI=1S/C52H65N17O7/c1-8-68-38(23-31(5)61-68)48(72)57-51-55-36-25-34(45(53)70)27-40(75-7)43(36)66(51)16-10-11-17-67-44-37(56-52(67)58-49(73)39-24-32(6)62-69(39)9-2)26-35(46(54)71)28-41(44)76-22-12-15-63-18-13-33(14-19-63)47-60-59-42-29-64(20-21-65(42)47)50(74)30(3)4/h10-11,23-28,30,33H,8-9,12-22,29H2,1-7H3,(H2,53,70)(H2,54,71)(H,55,57,72)(H,56,58,73)/b11-10+. The van der Waals surface area contributed by atoms with Crippen LogP contribution < -0.4 is 31.6 Å². The summed E-state index contributed by atoms with van der Waals surface area (Å²) in [6.45, 7) is 17.1. The molecular weight excluding hydrogens is 975 g/mol. The summed E-state index contributed by atoms with van der Waals surface area (Å²) in [6.07, 6.45) is 6.25. The van der Waals surface area contributed by atoms with Gasteiger partial charge in [0.15, 0.2) is 5.82 Å². The summed E-state index contributed by atoms with van der Waals surface area (Å²) < 4.78 is 21.2. The number of nitrogens with two attached hydrogens (primary N) is 2. The molecule has 0 aliphatic carbocycles. The number of primary amides is 2. The number of carbonyl (C=O) groups excluding carboxylic acids is 5. The number of benzene rings is 2. The van der Waals surface area contributed by atoms with E-state index in [1.165, 1.54) is 19.2 Å². The van der Waals surface area contributed by atoms with Crippen LogP contribution in [0.3, 0.4) is 0 Å². The number of piperidine rings is 1. The highest BCUT2D eigenvalue weighted by atomic mass is 16.5. The molecule has 24 heteroatoms. The molecule has 7 heterocycles. The number of carbonyl (C=O) groups is 5. The quantitative estimate of drug-likeness (QED) is 0.0598. The Balaban J connectivity index is 0.963. The lowest BCUT2D eigenvalue weighted by molar-refractivity contribution is -0.136. The van der Waals surface area contributed by atoms with Gasteiger partial charge in [0.05, 0.1) is 42.7 Å². The zero-order valence-electron chi connectivity index (χ0n) is 44.0. The van der Waals surface area contributed by atoms with Crippen molar-refractivity contribution < 1.29 is 33.4 Å². The molecule has 7 aromatic rings. The fourth-order valence-electron chi connectivity index (χ4n) is 10.1. The van der Waals surface area contributed by atoms with E-state index in [9.17, 15) is 24.0 Å². The molecule has 0 atom stereocenters. The molecule has 76 heavy (non-hydrogen) atoms. The van der Waals surface area contributed by atoms with Crippen LogP contribution in [0.2, 0.25) is 0 Å². The number of hydrogen-bond donors (Lipinski definition) is 4. The molecule has 9 rings (SSSR count). The predicted molar refractivity (Wildman–Crippen MR) is 282 cm³/mol. The summed E-state index contributed by atoms with van der Waals surface area (Å²) in [5.74, 6) is 0.975. The average molecular weight is 1040 g/mol. The Morgan fingerprint density at radius 1 is 0.737 bits per heavy atom. The third-order valence-corrected chi connectivity index (χ3v) is 13.9. The van der Waals surface area contributed by atoms with Crippen molar-refractivity contribution in [2.75, 3.05) is 50.5 Å². The van der Waals surface area contributed by atoms with Crippen LogP contribution in [0.25, 0.3) is 22.1 Å². The molecule has 0 radical (unpaired) electrons. The van der Waals surface area contributed by atoms with Gasteiger partial charge in [0, 0.05) is 68.8 Å². The SMILES string of the molecule is CCn1nc(C)cc1C(=O)Nc1nc2cc(C(N)=O)cc(OC)c2n1C/C=C/Cn1c(NC(=O)c2cc(C)nn2CC)nc2cc(C(N)=O)cc(OCCCN3CCC(c4nnc5n4CCN(C(=O)C(C)C)C5)CC3)c21. The van der Waals surface area contributed by atoms with Crippen molar-refractivity contribution in [3.63, 3.8) is 0 Å². The molecule has 24 nitrogen and oxygen atoms in total. The highest BCUT2D eigenvalue weighted by molar-refractivity contribution is 6.05. The number of fused-ring (bicyclic) bond motifs is 3. The highest BCUT2D eigenvalue weighted by Crippen LogP contribution is 2.34.